The van der Waals surface area contributed by atoms with E-state index in [0.29, 0.717) is 11.9 Å². The van der Waals surface area contributed by atoms with Crippen molar-refractivity contribution in [2.75, 3.05) is 5.32 Å². The molecule has 0 saturated carbocycles. The highest BCUT2D eigenvalue weighted by Crippen LogP contribution is 2.30. The number of aryl methyl sites for hydroxylation is 2. The van der Waals surface area contributed by atoms with E-state index in [1.54, 1.807) is 6.20 Å². The van der Waals surface area contributed by atoms with Crippen molar-refractivity contribution in [3.05, 3.63) is 72.0 Å². The smallest absolute Gasteiger partial charge is 0.417 e. The van der Waals surface area contributed by atoms with Gasteiger partial charge in [0, 0.05) is 34.9 Å². The van der Waals surface area contributed by atoms with Crippen molar-refractivity contribution < 1.29 is 27.5 Å². The van der Waals surface area contributed by atoms with Crippen LogP contribution in [0.1, 0.15) is 22.6 Å². The van der Waals surface area contributed by atoms with Gasteiger partial charge in [0.25, 0.3) is 6.20 Å². The highest BCUT2D eigenvalue weighted by atomic mass is 19.4. The molecule has 1 N–H and O–H groups in total. The molecule has 13 heteroatoms. The molecule has 4 rings (SSSR count). The van der Waals surface area contributed by atoms with Crippen molar-refractivity contribution in [1.82, 2.24) is 25.2 Å². The molecule has 0 unspecified atom stereocenters. The highest BCUT2D eigenvalue weighted by molar-refractivity contribution is 5.86. The molecule has 34 heavy (non-hydrogen) atoms. The molecule has 10 nitrogen and oxygen atoms in total. The first-order valence-electron chi connectivity index (χ1n) is 9.84. The lowest BCUT2D eigenvalue weighted by molar-refractivity contribution is -0.755. The van der Waals surface area contributed by atoms with Gasteiger partial charge in [-0.3, -0.25) is 14.5 Å². The van der Waals surface area contributed by atoms with Crippen LogP contribution in [0.4, 0.5) is 24.7 Å². The molecular formula is C21H17F3N8O2. The third-order valence-corrected chi connectivity index (χ3v) is 4.69. The molecule has 4 aromatic heterocycles. The summed E-state index contributed by atoms with van der Waals surface area (Å²) < 4.78 is 44.7. The Balaban J connectivity index is 1.43. The monoisotopic (exact) mass is 470 g/mol. The van der Waals surface area contributed by atoms with Gasteiger partial charge in [0.15, 0.2) is 0 Å². The van der Waals surface area contributed by atoms with Crippen LogP contribution in [0.2, 0.25) is 0 Å². The summed E-state index contributed by atoms with van der Waals surface area (Å²) in [5.41, 5.74) is 3.00. The van der Waals surface area contributed by atoms with Crippen molar-refractivity contribution >= 4 is 17.6 Å². The van der Waals surface area contributed by atoms with Gasteiger partial charge in [-0.15, -0.1) is 0 Å². The second-order valence-electron chi connectivity index (χ2n) is 7.20. The number of halogens is 3. The van der Waals surface area contributed by atoms with Crippen LogP contribution in [0.25, 0.3) is 11.1 Å². The van der Waals surface area contributed by atoms with Crippen LogP contribution in [-0.4, -0.2) is 31.2 Å². The van der Waals surface area contributed by atoms with Gasteiger partial charge in [-0.2, -0.15) is 13.2 Å². The van der Waals surface area contributed by atoms with E-state index in [1.165, 1.54) is 17.2 Å². The average molecular weight is 470 g/mol. The number of rotatable bonds is 5. The topological polar surface area (TPSA) is 129 Å². The maximum atomic E-state index is 12.8. The van der Waals surface area contributed by atoms with Crippen molar-refractivity contribution in [2.45, 2.75) is 26.6 Å². The molecule has 0 aliphatic carbocycles. The fourth-order valence-electron chi connectivity index (χ4n) is 3.15. The maximum absolute atomic E-state index is 12.8. The lowest BCUT2D eigenvalue weighted by atomic mass is 10.0. The number of hydrogen-bond acceptors (Lipinski definition) is 8. The molecule has 4 heterocycles. The molecule has 4 aromatic rings. The molecule has 0 fully saturated rings. The fourth-order valence-corrected chi connectivity index (χ4v) is 3.15. The van der Waals surface area contributed by atoms with E-state index in [-0.39, 0.29) is 18.1 Å². The van der Waals surface area contributed by atoms with E-state index in [1.807, 2.05) is 26.0 Å². The Bertz CT molecular complexity index is 1320. The summed E-state index contributed by atoms with van der Waals surface area (Å²) in [5.74, 6) is -0.137. The van der Waals surface area contributed by atoms with Crippen LogP contribution in [0, 0.1) is 13.8 Å². The SMILES string of the molecule is Cc1ncnc(C)c1-c1ccc(C[n+]2cc(N=C([O-])Nc3cncc(C(F)(F)F)c3)on2)nc1. The van der Waals surface area contributed by atoms with Gasteiger partial charge in [-0.1, -0.05) is 6.07 Å². The predicted molar refractivity (Wildman–Crippen MR) is 110 cm³/mol. The van der Waals surface area contributed by atoms with E-state index in [2.05, 4.69) is 35.5 Å². The highest BCUT2D eigenvalue weighted by Gasteiger charge is 2.31. The van der Waals surface area contributed by atoms with Crippen molar-refractivity contribution in [2.24, 2.45) is 4.99 Å². The third kappa shape index (κ3) is 5.31. The summed E-state index contributed by atoms with van der Waals surface area (Å²) in [6.07, 6.45) is 1.72. The van der Waals surface area contributed by atoms with E-state index < -0.39 is 17.8 Å². The van der Waals surface area contributed by atoms with E-state index in [9.17, 15) is 18.3 Å². The van der Waals surface area contributed by atoms with Crippen LogP contribution in [0.15, 0.2) is 58.8 Å². The largest absolute Gasteiger partial charge is 0.846 e. The maximum Gasteiger partial charge on any atom is 0.417 e. The second kappa shape index (κ2) is 9.21. The zero-order valence-corrected chi connectivity index (χ0v) is 17.9. The molecule has 0 aromatic carbocycles. The number of aromatic nitrogens is 6. The summed E-state index contributed by atoms with van der Waals surface area (Å²) in [4.78, 5) is 19.9. The Morgan fingerprint density at radius 3 is 2.56 bits per heavy atom. The van der Waals surface area contributed by atoms with Crippen LogP contribution >= 0.6 is 0 Å². The molecule has 0 amide bonds. The quantitative estimate of drug-likeness (QED) is 0.267. The van der Waals surface area contributed by atoms with Crippen molar-refractivity contribution in [1.29, 1.82) is 0 Å². The summed E-state index contributed by atoms with van der Waals surface area (Å²) in [7, 11) is 0. The van der Waals surface area contributed by atoms with Gasteiger partial charge in [0.1, 0.15) is 12.0 Å². The van der Waals surface area contributed by atoms with E-state index in [4.69, 9.17) is 4.52 Å². The lowest BCUT2D eigenvalue weighted by Gasteiger charge is -2.13. The van der Waals surface area contributed by atoms with Gasteiger partial charge in [-0.05, 0) is 30.7 Å². The summed E-state index contributed by atoms with van der Waals surface area (Å²) in [6.45, 7) is 4.03. The standard InChI is InChI=1S/C21H17F3N8O2/c1-12-19(13(2)28-11-27-12)14-3-4-16(26-6-14)9-32-10-18(34-31-32)30-20(33)29-17-5-15(7-25-8-17)21(22,23)24/h3-8,10-11H,9H2,1-2H3,(H-,29,30,31,33). The second-order valence-corrected chi connectivity index (χ2v) is 7.20. The first-order valence-corrected chi connectivity index (χ1v) is 9.84. The molecule has 0 saturated heterocycles. The Labute approximate surface area is 190 Å². The van der Waals surface area contributed by atoms with Crippen molar-refractivity contribution in [3.8, 4) is 11.1 Å². The molecule has 0 bridgehead atoms. The fraction of sp³-hybridized carbons (Fsp3) is 0.190. The minimum absolute atomic E-state index is 0.137. The van der Waals surface area contributed by atoms with Crippen LogP contribution < -0.4 is 15.1 Å². The molecule has 174 valence electrons. The van der Waals surface area contributed by atoms with Gasteiger partial charge < -0.3 is 10.4 Å². The number of nitrogens with one attached hydrogen (secondary N) is 1. The van der Waals surface area contributed by atoms with E-state index >= 15 is 0 Å². The number of nitrogens with zero attached hydrogens (tertiary/aromatic N) is 7. The predicted octanol–water partition coefficient (Wildman–Crippen LogP) is 2.35. The third-order valence-electron chi connectivity index (χ3n) is 4.69. The Morgan fingerprint density at radius 1 is 1.12 bits per heavy atom. The van der Waals surface area contributed by atoms with E-state index in [0.717, 1.165) is 34.8 Å². The number of hydrogen-bond donors (Lipinski definition) is 1. The van der Waals surface area contributed by atoms with Gasteiger partial charge in [0.2, 0.25) is 11.8 Å². The number of aliphatic imine (C=N–C) groups is 1. The van der Waals surface area contributed by atoms with Crippen LogP contribution in [-0.2, 0) is 12.7 Å². The molecule has 0 atom stereocenters. The first-order chi connectivity index (χ1) is 16.2. The minimum atomic E-state index is -4.58. The molecule has 0 radical (unpaired) electrons. The summed E-state index contributed by atoms with van der Waals surface area (Å²) in [6, 6.07) is 3.51. The lowest BCUT2D eigenvalue weighted by Crippen LogP contribution is -2.35. The zero-order chi connectivity index (χ0) is 24.3. The van der Waals surface area contributed by atoms with Crippen LogP contribution in [0.5, 0.6) is 0 Å². The van der Waals surface area contributed by atoms with Gasteiger partial charge in [-0.25, -0.2) is 15.0 Å². The number of anilines is 1. The van der Waals surface area contributed by atoms with Crippen LogP contribution in [0.3, 0.4) is 0 Å². The minimum Gasteiger partial charge on any atom is -0.846 e. The molecule has 0 aliphatic rings. The average Bonchev–Trinajstić information content (AvgIpc) is 3.21. The first kappa shape index (κ1) is 22.8. The normalized spacial score (nSPS) is 12.1. The zero-order valence-electron chi connectivity index (χ0n) is 17.9. The molecular weight excluding hydrogens is 453 g/mol. The summed E-state index contributed by atoms with van der Waals surface area (Å²) in [5, 5.41) is 18.0. The Morgan fingerprint density at radius 2 is 1.88 bits per heavy atom. The van der Waals surface area contributed by atoms with Gasteiger partial charge in [0.05, 0.1) is 23.5 Å². The Hall–Kier alpha value is -4.42. The van der Waals surface area contributed by atoms with Gasteiger partial charge >= 0.3 is 12.1 Å². The Kier molecular flexibility index (Phi) is 6.17. The molecule has 0 spiro atoms. The number of pyridine rings is 2. The van der Waals surface area contributed by atoms with Crippen molar-refractivity contribution in [3.63, 3.8) is 0 Å². The number of alkyl halides is 3. The number of amidine groups is 1. The molecule has 0 aliphatic heterocycles. The summed E-state index contributed by atoms with van der Waals surface area (Å²) >= 11 is 0.